The highest BCUT2D eigenvalue weighted by molar-refractivity contribution is 5.93. The summed E-state index contributed by atoms with van der Waals surface area (Å²) in [6.07, 6.45) is 0.862. The molecule has 4 nitrogen and oxygen atoms in total. The number of nitrogens with two attached hydrogens (primary N) is 1. The molecule has 3 N–H and O–H groups in total. The Bertz CT molecular complexity index is 366. The molecule has 1 aromatic rings. The summed E-state index contributed by atoms with van der Waals surface area (Å²) in [4.78, 5) is 15.7. The van der Waals surface area contributed by atoms with Gasteiger partial charge in [0, 0.05) is 5.54 Å². The van der Waals surface area contributed by atoms with Crippen LogP contribution in [-0.4, -0.2) is 16.4 Å². The molecule has 0 atom stereocenters. The van der Waals surface area contributed by atoms with Crippen molar-refractivity contribution in [3.05, 3.63) is 23.9 Å². The van der Waals surface area contributed by atoms with Crippen molar-refractivity contribution in [1.29, 1.82) is 0 Å². The zero-order valence-electron chi connectivity index (χ0n) is 9.78. The van der Waals surface area contributed by atoms with Crippen molar-refractivity contribution in [3.63, 3.8) is 0 Å². The predicted octanol–water partition coefficient (Wildman–Crippen LogP) is 2.00. The summed E-state index contributed by atoms with van der Waals surface area (Å²) < 4.78 is 0. The normalized spacial score (nSPS) is 10.4. The third-order valence-corrected chi connectivity index (χ3v) is 2.34. The molecule has 0 aliphatic carbocycles. The Morgan fingerprint density at radius 2 is 2.12 bits per heavy atom. The average Bonchev–Trinajstić information content (AvgIpc) is 2.17. The van der Waals surface area contributed by atoms with Gasteiger partial charge in [0.1, 0.15) is 11.5 Å². The van der Waals surface area contributed by atoms with E-state index >= 15 is 0 Å². The molecule has 16 heavy (non-hydrogen) atoms. The molecule has 0 saturated heterocycles. The van der Waals surface area contributed by atoms with Gasteiger partial charge in [-0.15, -0.1) is 12.4 Å². The molecule has 0 spiro atoms. The van der Waals surface area contributed by atoms with E-state index in [0.717, 1.165) is 6.42 Å². The zero-order valence-corrected chi connectivity index (χ0v) is 10.6. The number of carbonyl (C=O) groups excluding carboxylic acids is 1. The second-order valence-electron chi connectivity index (χ2n) is 4.14. The van der Waals surface area contributed by atoms with Crippen molar-refractivity contribution in [1.82, 2.24) is 10.3 Å². The highest BCUT2D eigenvalue weighted by atomic mass is 35.5. The number of nitrogens with zero attached hydrogens (tertiary/aromatic N) is 1. The topological polar surface area (TPSA) is 68.0 Å². The minimum atomic E-state index is -0.219. The molecule has 5 heteroatoms. The smallest absolute Gasteiger partial charge is 0.270 e. The number of halogens is 1. The number of nitrogen functional groups attached to an aromatic ring is 1. The first kappa shape index (κ1) is 14.7. The molecule has 1 rings (SSSR count). The van der Waals surface area contributed by atoms with E-state index in [1.165, 1.54) is 0 Å². The van der Waals surface area contributed by atoms with Crippen LogP contribution < -0.4 is 11.1 Å². The van der Waals surface area contributed by atoms with E-state index in [1.54, 1.807) is 18.2 Å². The zero-order chi connectivity index (χ0) is 11.5. The quantitative estimate of drug-likeness (QED) is 0.853. The van der Waals surface area contributed by atoms with Crippen molar-refractivity contribution in [2.75, 3.05) is 5.73 Å². The van der Waals surface area contributed by atoms with E-state index in [1.807, 2.05) is 20.8 Å². The van der Waals surface area contributed by atoms with Crippen LogP contribution in [0.25, 0.3) is 0 Å². The molecule has 0 aromatic carbocycles. The van der Waals surface area contributed by atoms with Gasteiger partial charge in [-0.1, -0.05) is 13.0 Å². The van der Waals surface area contributed by atoms with Gasteiger partial charge in [-0.25, -0.2) is 4.98 Å². The summed E-state index contributed by atoms with van der Waals surface area (Å²) >= 11 is 0. The molecule has 0 bridgehead atoms. The standard InChI is InChI=1S/C11H17N3O.ClH/c1-4-11(2,3)14-10(15)8-6-5-7-9(12)13-8;/h5-7H,4H2,1-3H3,(H2,12,13)(H,14,15);1H. The van der Waals surface area contributed by atoms with E-state index in [-0.39, 0.29) is 23.9 Å². The predicted molar refractivity (Wildman–Crippen MR) is 67.7 cm³/mol. The second kappa shape index (κ2) is 5.70. The Kier molecular flexibility index (Phi) is 5.24. The fourth-order valence-electron chi connectivity index (χ4n) is 1.04. The number of pyridine rings is 1. The summed E-state index contributed by atoms with van der Waals surface area (Å²) in [6.45, 7) is 5.96. The number of rotatable bonds is 3. The first-order chi connectivity index (χ1) is 6.94. The lowest BCUT2D eigenvalue weighted by Crippen LogP contribution is -2.43. The molecule has 0 aliphatic heterocycles. The molecule has 0 aliphatic rings. The van der Waals surface area contributed by atoms with Crippen LogP contribution in [0, 0.1) is 0 Å². The van der Waals surface area contributed by atoms with Crippen LogP contribution >= 0.6 is 12.4 Å². The summed E-state index contributed by atoms with van der Waals surface area (Å²) in [5, 5.41) is 2.89. The number of amides is 1. The Morgan fingerprint density at radius 1 is 1.50 bits per heavy atom. The summed E-state index contributed by atoms with van der Waals surface area (Å²) in [5.74, 6) is 0.172. The van der Waals surface area contributed by atoms with Crippen LogP contribution in [0.15, 0.2) is 18.2 Å². The van der Waals surface area contributed by atoms with E-state index in [4.69, 9.17) is 5.73 Å². The summed E-state index contributed by atoms with van der Waals surface area (Å²) in [7, 11) is 0. The van der Waals surface area contributed by atoms with E-state index in [9.17, 15) is 4.79 Å². The van der Waals surface area contributed by atoms with Crippen LogP contribution in [0.3, 0.4) is 0 Å². The lowest BCUT2D eigenvalue weighted by Gasteiger charge is -2.24. The number of nitrogens with one attached hydrogen (secondary N) is 1. The highest BCUT2D eigenvalue weighted by Crippen LogP contribution is 2.09. The van der Waals surface area contributed by atoms with Crippen LogP contribution in [0.5, 0.6) is 0 Å². The Morgan fingerprint density at radius 3 is 2.62 bits per heavy atom. The van der Waals surface area contributed by atoms with Gasteiger partial charge in [0.15, 0.2) is 0 Å². The average molecular weight is 244 g/mol. The van der Waals surface area contributed by atoms with E-state index in [2.05, 4.69) is 10.3 Å². The third-order valence-electron chi connectivity index (χ3n) is 2.34. The molecule has 1 aromatic heterocycles. The van der Waals surface area contributed by atoms with Gasteiger partial charge < -0.3 is 11.1 Å². The fourth-order valence-corrected chi connectivity index (χ4v) is 1.04. The maximum Gasteiger partial charge on any atom is 0.270 e. The minimum absolute atomic E-state index is 0. The van der Waals surface area contributed by atoms with Crippen LogP contribution in [0.4, 0.5) is 5.82 Å². The van der Waals surface area contributed by atoms with E-state index < -0.39 is 0 Å². The van der Waals surface area contributed by atoms with Crippen LogP contribution in [0.2, 0.25) is 0 Å². The monoisotopic (exact) mass is 243 g/mol. The lowest BCUT2D eigenvalue weighted by molar-refractivity contribution is 0.0906. The molecule has 0 fully saturated rings. The van der Waals surface area contributed by atoms with Gasteiger partial charge in [0.25, 0.3) is 5.91 Å². The number of hydrogen-bond acceptors (Lipinski definition) is 3. The lowest BCUT2D eigenvalue weighted by atomic mass is 10.0. The van der Waals surface area contributed by atoms with Crippen molar-refractivity contribution < 1.29 is 4.79 Å². The maximum absolute atomic E-state index is 11.7. The van der Waals surface area contributed by atoms with Gasteiger partial charge in [-0.05, 0) is 32.4 Å². The minimum Gasteiger partial charge on any atom is -0.384 e. The van der Waals surface area contributed by atoms with Crippen molar-refractivity contribution in [3.8, 4) is 0 Å². The van der Waals surface area contributed by atoms with Gasteiger partial charge in [-0.2, -0.15) is 0 Å². The van der Waals surface area contributed by atoms with Gasteiger partial charge in [-0.3, -0.25) is 4.79 Å². The van der Waals surface area contributed by atoms with Crippen molar-refractivity contribution >= 4 is 24.1 Å². The summed E-state index contributed by atoms with van der Waals surface area (Å²) in [6, 6.07) is 5.02. The van der Waals surface area contributed by atoms with Gasteiger partial charge >= 0.3 is 0 Å². The second-order valence-corrected chi connectivity index (χ2v) is 4.14. The highest BCUT2D eigenvalue weighted by Gasteiger charge is 2.19. The fraction of sp³-hybridized carbons (Fsp3) is 0.455. The van der Waals surface area contributed by atoms with Crippen molar-refractivity contribution in [2.45, 2.75) is 32.7 Å². The first-order valence-electron chi connectivity index (χ1n) is 4.99. The van der Waals surface area contributed by atoms with Crippen LogP contribution in [-0.2, 0) is 0 Å². The molecule has 0 saturated carbocycles. The maximum atomic E-state index is 11.7. The Balaban J connectivity index is 0.00000225. The third kappa shape index (κ3) is 4.06. The molecular weight excluding hydrogens is 226 g/mol. The van der Waals surface area contributed by atoms with Gasteiger partial charge in [0.2, 0.25) is 0 Å². The molecule has 0 unspecified atom stereocenters. The largest absolute Gasteiger partial charge is 0.384 e. The van der Waals surface area contributed by atoms with Crippen LogP contribution in [0.1, 0.15) is 37.7 Å². The molecule has 0 radical (unpaired) electrons. The Hall–Kier alpha value is -1.29. The first-order valence-corrected chi connectivity index (χ1v) is 4.99. The van der Waals surface area contributed by atoms with Gasteiger partial charge in [0.05, 0.1) is 0 Å². The van der Waals surface area contributed by atoms with E-state index in [0.29, 0.717) is 11.5 Å². The SMILES string of the molecule is CCC(C)(C)NC(=O)c1cccc(N)n1.Cl. The number of hydrogen-bond donors (Lipinski definition) is 2. The Labute approximate surface area is 102 Å². The van der Waals surface area contributed by atoms with Crippen molar-refractivity contribution in [2.24, 2.45) is 0 Å². The molecule has 1 heterocycles. The number of aromatic nitrogens is 1. The number of carbonyl (C=O) groups is 1. The molecular formula is C11H18ClN3O. The summed E-state index contributed by atoms with van der Waals surface area (Å²) in [5.41, 5.74) is 5.64. The molecule has 90 valence electrons. The molecule has 1 amide bonds. The number of anilines is 1.